The molecular weight excluding hydrogens is 398 g/mol. The van der Waals surface area contributed by atoms with E-state index in [2.05, 4.69) is 5.32 Å². The lowest BCUT2D eigenvalue weighted by Crippen LogP contribution is -2.66. The van der Waals surface area contributed by atoms with Gasteiger partial charge in [-0.3, -0.25) is 9.59 Å². The van der Waals surface area contributed by atoms with Gasteiger partial charge in [-0.2, -0.15) is 0 Å². The number of thioether (sulfide) groups is 1. The van der Waals surface area contributed by atoms with Gasteiger partial charge in [0.25, 0.3) is 0 Å². The predicted octanol–water partition coefficient (Wildman–Crippen LogP) is -3.38. The lowest BCUT2D eigenvalue weighted by molar-refractivity contribution is -0.280. The fraction of sp³-hybridized carbons (Fsp3) is 0.875. The van der Waals surface area contributed by atoms with Crippen LogP contribution in [0, 0.1) is 0 Å². The Morgan fingerprint density at radius 3 is 2.71 bits per heavy atom. The number of amides is 1. The molecule has 6 N–H and O–H groups in total. The van der Waals surface area contributed by atoms with E-state index in [0.717, 1.165) is 0 Å². The summed E-state index contributed by atoms with van der Waals surface area (Å²) in [7, 11) is 1.56. The second kappa shape index (κ2) is 12.7. The lowest BCUT2D eigenvalue weighted by atomic mass is 9.89. The molecule has 1 aliphatic rings. The van der Waals surface area contributed by atoms with Gasteiger partial charge in [0.2, 0.25) is 11.7 Å². The van der Waals surface area contributed by atoms with Gasteiger partial charge in [-0.15, -0.1) is 11.8 Å². The van der Waals surface area contributed by atoms with Gasteiger partial charge in [-0.25, -0.2) is 0 Å². The van der Waals surface area contributed by atoms with Crippen LogP contribution in [-0.4, -0.2) is 119 Å². The molecular formula is C16H29NO10S. The van der Waals surface area contributed by atoms with Gasteiger partial charge in [-0.05, 0) is 0 Å². The molecule has 11 nitrogen and oxygen atoms in total. The molecule has 0 saturated carbocycles. The highest BCUT2D eigenvalue weighted by Gasteiger charge is 2.50. The molecule has 0 bridgehead atoms. The first-order valence-corrected chi connectivity index (χ1v) is 9.88. The summed E-state index contributed by atoms with van der Waals surface area (Å²) in [6.07, 6.45) is -6.85. The lowest BCUT2D eigenvalue weighted by Gasteiger charge is -2.44. The molecule has 0 aromatic rings. The molecule has 1 rings (SSSR count). The van der Waals surface area contributed by atoms with E-state index in [1.807, 2.05) is 0 Å². The van der Waals surface area contributed by atoms with Crippen molar-refractivity contribution in [2.75, 3.05) is 45.0 Å². The number of methoxy groups -OCH3 is 1. The number of aliphatic hydroxyl groups is 5. The highest BCUT2D eigenvalue weighted by Crippen LogP contribution is 2.29. The standard InChI is InChI=1S/C16H29NO10S/c1-25-2-3-26-4-5-28-8-12(22)17-13-10(20)6-16(24,9-19)27-15(13)14(23)11(21)7-18/h9-11,13-15,18,20-21,23-24H,2-8H2,1H3,(H,17,22)/t10?,11-,13-,14-,15?,16+/m1/s1. The van der Waals surface area contributed by atoms with Crippen molar-refractivity contribution in [3.63, 3.8) is 0 Å². The van der Waals surface area contributed by atoms with E-state index in [-0.39, 0.29) is 12.0 Å². The molecule has 1 amide bonds. The van der Waals surface area contributed by atoms with Crippen molar-refractivity contribution in [3.05, 3.63) is 0 Å². The Kier molecular flexibility index (Phi) is 11.4. The van der Waals surface area contributed by atoms with Crippen LogP contribution < -0.4 is 5.32 Å². The van der Waals surface area contributed by atoms with E-state index in [0.29, 0.717) is 25.6 Å². The second-order valence-electron chi connectivity index (χ2n) is 6.31. The van der Waals surface area contributed by atoms with Crippen molar-refractivity contribution in [2.24, 2.45) is 0 Å². The van der Waals surface area contributed by atoms with Gasteiger partial charge in [0.15, 0.2) is 6.29 Å². The van der Waals surface area contributed by atoms with E-state index >= 15 is 0 Å². The molecule has 1 saturated heterocycles. The SMILES string of the molecule is COCCOCCSCC(=O)N[C@@H]1C(O)C[C@@](O)(C=O)OC1[C@H](O)[C@H](O)CO. The summed E-state index contributed by atoms with van der Waals surface area (Å²) in [6, 6.07) is -1.21. The molecule has 2 unspecified atom stereocenters. The largest absolute Gasteiger partial charge is 0.394 e. The van der Waals surface area contributed by atoms with E-state index in [1.54, 1.807) is 7.11 Å². The third-order valence-corrected chi connectivity index (χ3v) is 5.00. The maximum atomic E-state index is 12.1. The van der Waals surface area contributed by atoms with Gasteiger partial charge in [0.1, 0.15) is 18.3 Å². The monoisotopic (exact) mass is 427 g/mol. The average Bonchev–Trinajstić information content (AvgIpc) is 2.68. The van der Waals surface area contributed by atoms with Crippen LogP contribution in [0.4, 0.5) is 0 Å². The first-order valence-electron chi connectivity index (χ1n) is 8.73. The zero-order chi connectivity index (χ0) is 21.2. The molecule has 28 heavy (non-hydrogen) atoms. The fourth-order valence-electron chi connectivity index (χ4n) is 2.62. The number of rotatable bonds is 13. The van der Waals surface area contributed by atoms with Crippen molar-refractivity contribution < 1.29 is 49.3 Å². The minimum absolute atomic E-state index is 0.0280. The normalized spacial score (nSPS) is 29.9. The van der Waals surface area contributed by atoms with Gasteiger partial charge in [0.05, 0.1) is 44.3 Å². The zero-order valence-corrected chi connectivity index (χ0v) is 16.4. The zero-order valence-electron chi connectivity index (χ0n) is 15.6. The van der Waals surface area contributed by atoms with E-state index in [1.165, 1.54) is 11.8 Å². The topological polar surface area (TPSA) is 175 Å². The summed E-state index contributed by atoms with van der Waals surface area (Å²) in [4.78, 5) is 23.2. The van der Waals surface area contributed by atoms with E-state index < -0.39 is 55.2 Å². The molecule has 0 aromatic carbocycles. The van der Waals surface area contributed by atoms with Crippen LogP contribution in [0.5, 0.6) is 0 Å². The Hall–Kier alpha value is -0.830. The Morgan fingerprint density at radius 1 is 1.39 bits per heavy atom. The smallest absolute Gasteiger partial charge is 0.230 e. The molecule has 0 aliphatic carbocycles. The number of carbonyl (C=O) groups excluding carboxylic acids is 2. The van der Waals surface area contributed by atoms with Crippen molar-refractivity contribution >= 4 is 24.0 Å². The second-order valence-corrected chi connectivity index (χ2v) is 7.41. The maximum absolute atomic E-state index is 12.1. The van der Waals surface area contributed by atoms with Gasteiger partial charge in [-0.1, -0.05) is 0 Å². The Balaban J connectivity index is 2.61. The third-order valence-electron chi connectivity index (χ3n) is 4.08. The quantitative estimate of drug-likeness (QED) is 0.128. The number of carbonyl (C=O) groups is 2. The Labute approximate surface area is 167 Å². The number of aliphatic hydroxyl groups excluding tert-OH is 4. The number of aldehydes is 1. The van der Waals surface area contributed by atoms with Crippen molar-refractivity contribution in [3.8, 4) is 0 Å². The minimum Gasteiger partial charge on any atom is -0.394 e. The molecule has 1 aliphatic heterocycles. The molecule has 0 spiro atoms. The summed E-state index contributed by atoms with van der Waals surface area (Å²) < 4.78 is 15.2. The van der Waals surface area contributed by atoms with E-state index in [4.69, 9.17) is 19.3 Å². The van der Waals surface area contributed by atoms with Crippen LogP contribution in [0.2, 0.25) is 0 Å². The van der Waals surface area contributed by atoms with Crippen molar-refractivity contribution in [2.45, 2.75) is 42.7 Å². The number of hydrogen-bond donors (Lipinski definition) is 6. The Bertz CT molecular complexity index is 484. The fourth-order valence-corrected chi connectivity index (χ4v) is 3.27. The molecule has 0 aromatic heterocycles. The molecule has 1 heterocycles. The predicted molar refractivity (Wildman–Crippen MR) is 97.6 cm³/mol. The van der Waals surface area contributed by atoms with Gasteiger partial charge in [0, 0.05) is 19.3 Å². The molecule has 12 heteroatoms. The van der Waals surface area contributed by atoms with Crippen LogP contribution in [0.15, 0.2) is 0 Å². The number of ether oxygens (including phenoxy) is 3. The van der Waals surface area contributed by atoms with Crippen LogP contribution in [0.1, 0.15) is 6.42 Å². The van der Waals surface area contributed by atoms with Gasteiger partial charge < -0.3 is 45.1 Å². The molecule has 164 valence electrons. The Morgan fingerprint density at radius 2 is 2.11 bits per heavy atom. The minimum atomic E-state index is -2.38. The van der Waals surface area contributed by atoms with Crippen LogP contribution >= 0.6 is 11.8 Å². The van der Waals surface area contributed by atoms with Crippen molar-refractivity contribution in [1.82, 2.24) is 5.32 Å². The van der Waals surface area contributed by atoms with Gasteiger partial charge >= 0.3 is 0 Å². The maximum Gasteiger partial charge on any atom is 0.230 e. The molecule has 0 radical (unpaired) electrons. The highest BCUT2D eigenvalue weighted by atomic mass is 32.2. The third kappa shape index (κ3) is 7.89. The average molecular weight is 427 g/mol. The summed E-state index contributed by atoms with van der Waals surface area (Å²) in [6.45, 7) is 0.519. The first-order chi connectivity index (χ1) is 13.3. The molecule has 6 atom stereocenters. The number of hydrogen-bond acceptors (Lipinski definition) is 11. The van der Waals surface area contributed by atoms with Crippen LogP contribution in [0.3, 0.4) is 0 Å². The van der Waals surface area contributed by atoms with E-state index in [9.17, 15) is 30.0 Å². The first kappa shape index (κ1) is 25.2. The number of nitrogens with one attached hydrogen (secondary N) is 1. The van der Waals surface area contributed by atoms with Crippen LogP contribution in [-0.2, 0) is 23.8 Å². The summed E-state index contributed by atoms with van der Waals surface area (Å²) in [5, 5.41) is 51.5. The summed E-state index contributed by atoms with van der Waals surface area (Å²) >= 11 is 1.28. The summed E-state index contributed by atoms with van der Waals surface area (Å²) in [5.41, 5.74) is 0. The summed E-state index contributed by atoms with van der Waals surface area (Å²) in [5.74, 6) is -2.29. The van der Waals surface area contributed by atoms with Crippen molar-refractivity contribution in [1.29, 1.82) is 0 Å². The molecule has 1 fully saturated rings. The van der Waals surface area contributed by atoms with Crippen LogP contribution in [0.25, 0.3) is 0 Å². The highest BCUT2D eigenvalue weighted by molar-refractivity contribution is 7.99.